The number of hydrogen-bond acceptors (Lipinski definition) is 7. The number of anilines is 1. The summed E-state index contributed by atoms with van der Waals surface area (Å²) in [6.07, 6.45) is 1.22. The second-order valence-corrected chi connectivity index (χ2v) is 4.70. The van der Waals surface area contributed by atoms with E-state index in [1.165, 1.54) is 32.4 Å². The molecule has 0 aliphatic carbocycles. The Morgan fingerprint density at radius 3 is 2.68 bits per heavy atom. The maximum atomic E-state index is 12.1. The molecule has 0 radical (unpaired) electrons. The van der Waals surface area contributed by atoms with Crippen LogP contribution in [0.2, 0.25) is 0 Å². The van der Waals surface area contributed by atoms with Gasteiger partial charge in [-0.1, -0.05) is 0 Å². The zero-order valence-corrected chi connectivity index (χ0v) is 13.7. The van der Waals surface area contributed by atoms with E-state index in [1.807, 2.05) is 0 Å². The van der Waals surface area contributed by atoms with Gasteiger partial charge in [-0.2, -0.15) is 5.26 Å². The van der Waals surface area contributed by atoms with E-state index in [-0.39, 0.29) is 28.6 Å². The largest absolute Gasteiger partial charge is 0.494 e. The highest BCUT2D eigenvalue weighted by Gasteiger charge is 2.15. The van der Waals surface area contributed by atoms with E-state index < -0.39 is 10.8 Å². The van der Waals surface area contributed by atoms with Crippen LogP contribution in [0.5, 0.6) is 5.75 Å². The highest BCUT2D eigenvalue weighted by Crippen LogP contribution is 2.29. The van der Waals surface area contributed by atoms with E-state index in [0.717, 1.165) is 6.07 Å². The van der Waals surface area contributed by atoms with Crippen LogP contribution in [0.1, 0.15) is 6.92 Å². The molecule has 0 unspecified atom stereocenters. The standard InChI is InChI=1S/C15H17N5O5/c1-10(21)18-6-5-17-9-11(8-16)15(22)19-13-4-3-12(20(23)24)7-14(13)25-2/h3-4,7,9,17H,5-6H2,1-2H3,(H,18,21)(H,19,22)/b11-9-. The number of carbonyl (C=O) groups is 2. The number of nitriles is 1. The quantitative estimate of drug-likeness (QED) is 0.206. The monoisotopic (exact) mass is 347 g/mol. The number of ether oxygens (including phenoxy) is 1. The van der Waals surface area contributed by atoms with Gasteiger partial charge in [0.25, 0.3) is 11.6 Å². The van der Waals surface area contributed by atoms with Crippen LogP contribution in [0.3, 0.4) is 0 Å². The molecule has 0 atom stereocenters. The van der Waals surface area contributed by atoms with Gasteiger partial charge in [0, 0.05) is 32.3 Å². The Balaban J connectivity index is 2.77. The first kappa shape index (κ1) is 19.4. The number of non-ortho nitro benzene ring substituents is 1. The van der Waals surface area contributed by atoms with Crippen LogP contribution in [0.15, 0.2) is 30.0 Å². The molecule has 1 aromatic rings. The van der Waals surface area contributed by atoms with Gasteiger partial charge in [-0.3, -0.25) is 19.7 Å². The molecule has 0 heterocycles. The molecule has 0 saturated carbocycles. The summed E-state index contributed by atoms with van der Waals surface area (Å²) in [5, 5.41) is 27.5. The van der Waals surface area contributed by atoms with E-state index in [2.05, 4.69) is 16.0 Å². The van der Waals surface area contributed by atoms with Crippen molar-refractivity contribution < 1.29 is 19.2 Å². The fourth-order valence-electron chi connectivity index (χ4n) is 1.72. The van der Waals surface area contributed by atoms with E-state index in [0.29, 0.717) is 13.1 Å². The van der Waals surface area contributed by atoms with Gasteiger partial charge in [-0.05, 0) is 6.07 Å². The molecule has 0 aromatic heterocycles. The average Bonchev–Trinajstić information content (AvgIpc) is 2.57. The number of benzene rings is 1. The van der Waals surface area contributed by atoms with Crippen molar-refractivity contribution >= 4 is 23.2 Å². The first-order valence-electron chi connectivity index (χ1n) is 7.11. The Morgan fingerprint density at radius 1 is 1.40 bits per heavy atom. The van der Waals surface area contributed by atoms with Crippen molar-refractivity contribution in [2.24, 2.45) is 0 Å². The van der Waals surface area contributed by atoms with Gasteiger partial charge >= 0.3 is 0 Å². The second kappa shape index (κ2) is 9.51. The third kappa shape index (κ3) is 6.19. The van der Waals surface area contributed by atoms with Crippen LogP contribution in [0.25, 0.3) is 0 Å². The second-order valence-electron chi connectivity index (χ2n) is 4.70. The molecule has 2 amide bonds. The van der Waals surface area contributed by atoms with Crippen molar-refractivity contribution in [1.29, 1.82) is 5.26 Å². The summed E-state index contributed by atoms with van der Waals surface area (Å²) >= 11 is 0. The van der Waals surface area contributed by atoms with Crippen LogP contribution in [-0.4, -0.2) is 36.9 Å². The zero-order valence-electron chi connectivity index (χ0n) is 13.7. The topological polar surface area (TPSA) is 146 Å². The molecule has 10 heteroatoms. The molecule has 10 nitrogen and oxygen atoms in total. The number of nitro benzene ring substituents is 1. The van der Waals surface area contributed by atoms with E-state index in [4.69, 9.17) is 10.00 Å². The van der Waals surface area contributed by atoms with E-state index in [9.17, 15) is 19.7 Å². The number of carbonyl (C=O) groups excluding carboxylic acids is 2. The molecule has 1 aromatic carbocycles. The molecule has 0 bridgehead atoms. The molecule has 25 heavy (non-hydrogen) atoms. The number of rotatable bonds is 8. The van der Waals surface area contributed by atoms with Gasteiger partial charge in [-0.25, -0.2) is 0 Å². The molecule has 3 N–H and O–H groups in total. The summed E-state index contributed by atoms with van der Waals surface area (Å²) in [6.45, 7) is 2.04. The van der Waals surface area contributed by atoms with Crippen molar-refractivity contribution in [3.8, 4) is 11.8 Å². The average molecular weight is 347 g/mol. The predicted octanol–water partition coefficient (Wildman–Crippen LogP) is 0.675. The third-order valence-electron chi connectivity index (χ3n) is 2.90. The minimum Gasteiger partial charge on any atom is -0.494 e. The number of amides is 2. The minimum atomic E-state index is -0.707. The maximum Gasteiger partial charge on any atom is 0.273 e. The smallest absolute Gasteiger partial charge is 0.273 e. The fraction of sp³-hybridized carbons (Fsp3) is 0.267. The molecule has 0 aliphatic rings. The Labute approximate surface area is 143 Å². The van der Waals surface area contributed by atoms with Gasteiger partial charge in [0.05, 0.1) is 23.8 Å². The van der Waals surface area contributed by atoms with E-state index in [1.54, 1.807) is 6.07 Å². The number of nitrogens with one attached hydrogen (secondary N) is 3. The highest BCUT2D eigenvalue weighted by molar-refractivity contribution is 6.07. The Morgan fingerprint density at radius 2 is 2.12 bits per heavy atom. The highest BCUT2D eigenvalue weighted by atomic mass is 16.6. The lowest BCUT2D eigenvalue weighted by Crippen LogP contribution is -2.28. The third-order valence-corrected chi connectivity index (χ3v) is 2.90. The summed E-state index contributed by atoms with van der Waals surface area (Å²) in [5.74, 6) is -0.797. The molecule has 0 saturated heterocycles. The van der Waals surface area contributed by atoms with Crippen LogP contribution in [-0.2, 0) is 9.59 Å². The van der Waals surface area contributed by atoms with Crippen LogP contribution in [0.4, 0.5) is 11.4 Å². The van der Waals surface area contributed by atoms with Crippen LogP contribution in [0, 0.1) is 21.4 Å². The fourth-order valence-corrected chi connectivity index (χ4v) is 1.72. The van der Waals surface area contributed by atoms with Gasteiger partial charge in [0.2, 0.25) is 5.91 Å². The van der Waals surface area contributed by atoms with Gasteiger partial charge in [-0.15, -0.1) is 0 Å². The van der Waals surface area contributed by atoms with Crippen molar-refractivity contribution in [2.45, 2.75) is 6.92 Å². The summed E-state index contributed by atoms with van der Waals surface area (Å²) in [7, 11) is 1.30. The molecular formula is C15H17N5O5. The summed E-state index contributed by atoms with van der Waals surface area (Å²) in [4.78, 5) is 33.0. The first-order chi connectivity index (χ1) is 11.9. The number of nitrogens with zero attached hydrogens (tertiary/aromatic N) is 2. The molecule has 132 valence electrons. The Hall–Kier alpha value is -3.61. The van der Waals surface area contributed by atoms with Crippen molar-refractivity contribution in [1.82, 2.24) is 10.6 Å². The lowest BCUT2D eigenvalue weighted by Gasteiger charge is -2.09. The molecule has 0 spiro atoms. The lowest BCUT2D eigenvalue weighted by molar-refractivity contribution is -0.384. The molecular weight excluding hydrogens is 330 g/mol. The van der Waals surface area contributed by atoms with Gasteiger partial charge in [0.15, 0.2) is 0 Å². The van der Waals surface area contributed by atoms with E-state index >= 15 is 0 Å². The SMILES string of the molecule is COc1cc([N+](=O)[O-])ccc1NC(=O)/C(C#N)=C\NCCNC(C)=O. The Bertz CT molecular complexity index is 738. The number of nitro groups is 1. The molecule has 0 aliphatic heterocycles. The summed E-state index contributed by atoms with van der Waals surface area (Å²) in [5.41, 5.74) is -0.203. The number of hydrogen-bond donors (Lipinski definition) is 3. The van der Waals surface area contributed by atoms with Crippen molar-refractivity contribution in [2.75, 3.05) is 25.5 Å². The normalized spacial score (nSPS) is 10.4. The van der Waals surface area contributed by atoms with Gasteiger partial charge in [0.1, 0.15) is 17.4 Å². The summed E-state index contributed by atoms with van der Waals surface area (Å²) < 4.78 is 5.01. The van der Waals surface area contributed by atoms with Crippen molar-refractivity contribution in [3.63, 3.8) is 0 Å². The van der Waals surface area contributed by atoms with Gasteiger partial charge < -0.3 is 20.7 Å². The van der Waals surface area contributed by atoms with Crippen LogP contribution < -0.4 is 20.7 Å². The number of methoxy groups -OCH3 is 1. The maximum absolute atomic E-state index is 12.1. The summed E-state index contributed by atoms with van der Waals surface area (Å²) in [6, 6.07) is 5.42. The zero-order chi connectivity index (χ0) is 18.8. The first-order valence-corrected chi connectivity index (χ1v) is 7.11. The minimum absolute atomic E-state index is 0.0958. The predicted molar refractivity (Wildman–Crippen MR) is 88.7 cm³/mol. The Kier molecular flexibility index (Phi) is 7.39. The molecule has 1 rings (SSSR count). The van der Waals surface area contributed by atoms with Crippen molar-refractivity contribution in [3.05, 3.63) is 40.1 Å². The lowest BCUT2D eigenvalue weighted by atomic mass is 10.2. The molecule has 0 fully saturated rings. The van der Waals surface area contributed by atoms with Crippen LogP contribution >= 0.6 is 0 Å².